The van der Waals surface area contributed by atoms with Crippen LogP contribution in [0.2, 0.25) is 0 Å². The molecule has 0 aliphatic carbocycles. The molecule has 0 saturated heterocycles. The van der Waals surface area contributed by atoms with Crippen LogP contribution in [0.25, 0.3) is 0 Å². The Morgan fingerprint density at radius 3 is 2.09 bits per heavy atom. The predicted octanol–water partition coefficient (Wildman–Crippen LogP) is 1.68. The largest absolute Gasteiger partial charge is 0.378 e. The van der Waals surface area contributed by atoms with Gasteiger partial charge in [-0.15, -0.1) is 0 Å². The fraction of sp³-hybridized carbons (Fsp3) is 0.562. The Morgan fingerprint density at radius 2 is 1.65 bits per heavy atom. The summed E-state index contributed by atoms with van der Waals surface area (Å²) in [7, 11) is 0.288. The molecule has 0 radical (unpaired) electrons. The van der Waals surface area contributed by atoms with Gasteiger partial charge in [-0.25, -0.2) is 8.42 Å². The third-order valence-electron chi connectivity index (χ3n) is 3.39. The number of carbonyl (C=O) groups is 1. The number of hydrogen-bond acceptors (Lipinski definition) is 4. The predicted molar refractivity (Wildman–Crippen MR) is 95.4 cm³/mol. The van der Waals surface area contributed by atoms with Crippen LogP contribution >= 0.6 is 0 Å². The second kappa shape index (κ2) is 8.19. The molecule has 1 aromatic rings. The normalized spacial score (nSPS) is 11.4. The van der Waals surface area contributed by atoms with E-state index in [1.54, 1.807) is 12.1 Å². The summed E-state index contributed by atoms with van der Waals surface area (Å²) in [5.41, 5.74) is 1.45. The summed E-state index contributed by atoms with van der Waals surface area (Å²) in [6.07, 6.45) is 1.97. The first-order valence-corrected chi connectivity index (χ1v) is 9.48. The molecule has 0 spiro atoms. The van der Waals surface area contributed by atoms with E-state index in [4.69, 9.17) is 0 Å². The quantitative estimate of drug-likeness (QED) is 0.781. The summed E-state index contributed by atoms with van der Waals surface area (Å²) >= 11 is 0. The van der Waals surface area contributed by atoms with Crippen molar-refractivity contribution < 1.29 is 13.2 Å². The Balaban J connectivity index is 2.83. The van der Waals surface area contributed by atoms with E-state index < -0.39 is 10.0 Å². The molecule has 7 heteroatoms. The average Bonchev–Trinajstić information content (AvgIpc) is 2.43. The molecule has 1 N–H and O–H groups in total. The summed E-state index contributed by atoms with van der Waals surface area (Å²) in [5, 5.41) is 2.76. The lowest BCUT2D eigenvalue weighted by Gasteiger charge is -2.23. The molecule has 0 aromatic heterocycles. The summed E-state index contributed by atoms with van der Waals surface area (Å²) in [6, 6.07) is 7.06. The lowest BCUT2D eigenvalue weighted by Crippen LogP contribution is -2.40. The van der Waals surface area contributed by atoms with E-state index in [-0.39, 0.29) is 12.5 Å². The highest BCUT2D eigenvalue weighted by molar-refractivity contribution is 7.92. The van der Waals surface area contributed by atoms with Crippen molar-refractivity contribution in [1.29, 1.82) is 0 Å². The fourth-order valence-corrected chi connectivity index (χ4v) is 2.86. The van der Waals surface area contributed by atoms with Crippen LogP contribution in [0.15, 0.2) is 24.3 Å². The zero-order valence-corrected chi connectivity index (χ0v) is 15.4. The van der Waals surface area contributed by atoms with Crippen molar-refractivity contribution in [3.63, 3.8) is 0 Å². The van der Waals surface area contributed by atoms with Gasteiger partial charge in [-0.05, 0) is 36.6 Å². The zero-order chi connectivity index (χ0) is 17.6. The zero-order valence-electron chi connectivity index (χ0n) is 14.5. The van der Waals surface area contributed by atoms with E-state index in [0.717, 1.165) is 22.7 Å². The van der Waals surface area contributed by atoms with Gasteiger partial charge in [0.05, 0.1) is 11.9 Å². The molecule has 1 aromatic carbocycles. The second-order valence-corrected chi connectivity index (χ2v) is 8.12. The van der Waals surface area contributed by atoms with Crippen molar-refractivity contribution >= 4 is 27.3 Å². The van der Waals surface area contributed by atoms with Crippen LogP contribution in [-0.4, -0.2) is 47.8 Å². The third kappa shape index (κ3) is 6.48. The Bertz CT molecular complexity index is 610. The van der Waals surface area contributed by atoms with E-state index in [1.165, 1.54) is 0 Å². The maximum Gasteiger partial charge on any atom is 0.240 e. The van der Waals surface area contributed by atoms with Crippen LogP contribution in [0, 0.1) is 5.92 Å². The first-order valence-electron chi connectivity index (χ1n) is 7.63. The molecule has 0 saturated carbocycles. The molecular weight excluding hydrogens is 314 g/mol. The van der Waals surface area contributed by atoms with Crippen LogP contribution in [0.5, 0.6) is 0 Å². The molecule has 0 atom stereocenters. The SMILES string of the molecule is CC(C)CCNC(=O)CN(c1ccc(N(C)C)cc1)S(C)(=O)=O. The van der Waals surface area contributed by atoms with Gasteiger partial charge in [0.15, 0.2) is 0 Å². The maximum absolute atomic E-state index is 12.0. The van der Waals surface area contributed by atoms with Crippen LogP contribution < -0.4 is 14.5 Å². The van der Waals surface area contributed by atoms with Crippen molar-refractivity contribution in [2.45, 2.75) is 20.3 Å². The van der Waals surface area contributed by atoms with Gasteiger partial charge in [-0.1, -0.05) is 13.8 Å². The molecule has 6 nitrogen and oxygen atoms in total. The molecular formula is C16H27N3O3S. The number of nitrogens with one attached hydrogen (secondary N) is 1. The number of benzene rings is 1. The molecule has 130 valence electrons. The van der Waals surface area contributed by atoms with Crippen molar-refractivity contribution in [2.75, 3.05) is 42.6 Å². The number of anilines is 2. The van der Waals surface area contributed by atoms with E-state index >= 15 is 0 Å². The Labute approximate surface area is 139 Å². The molecule has 0 aliphatic rings. The van der Waals surface area contributed by atoms with Crippen molar-refractivity contribution in [2.24, 2.45) is 5.92 Å². The summed E-state index contributed by atoms with van der Waals surface area (Å²) < 4.78 is 25.1. The minimum absolute atomic E-state index is 0.210. The summed E-state index contributed by atoms with van der Waals surface area (Å²) in [5.74, 6) is 0.188. The number of carbonyl (C=O) groups excluding carboxylic acids is 1. The molecule has 23 heavy (non-hydrogen) atoms. The van der Waals surface area contributed by atoms with E-state index in [9.17, 15) is 13.2 Å². The smallest absolute Gasteiger partial charge is 0.240 e. The molecule has 0 unspecified atom stereocenters. The number of amides is 1. The topological polar surface area (TPSA) is 69.7 Å². The van der Waals surface area contributed by atoms with Gasteiger partial charge in [0, 0.05) is 26.3 Å². The summed E-state index contributed by atoms with van der Waals surface area (Å²) in [4.78, 5) is 13.9. The average molecular weight is 341 g/mol. The van der Waals surface area contributed by atoms with Gasteiger partial charge < -0.3 is 10.2 Å². The number of hydrogen-bond donors (Lipinski definition) is 1. The maximum atomic E-state index is 12.0. The number of nitrogens with zero attached hydrogens (tertiary/aromatic N) is 2. The highest BCUT2D eigenvalue weighted by Gasteiger charge is 2.20. The lowest BCUT2D eigenvalue weighted by molar-refractivity contribution is -0.119. The second-order valence-electron chi connectivity index (χ2n) is 6.21. The van der Waals surface area contributed by atoms with E-state index in [0.29, 0.717) is 18.2 Å². The number of rotatable bonds is 8. The minimum Gasteiger partial charge on any atom is -0.378 e. The van der Waals surface area contributed by atoms with Crippen molar-refractivity contribution in [1.82, 2.24) is 5.32 Å². The van der Waals surface area contributed by atoms with Gasteiger partial charge >= 0.3 is 0 Å². The van der Waals surface area contributed by atoms with Crippen LogP contribution in [0.3, 0.4) is 0 Å². The van der Waals surface area contributed by atoms with E-state index in [2.05, 4.69) is 19.2 Å². The van der Waals surface area contributed by atoms with Gasteiger partial charge in [0.1, 0.15) is 6.54 Å². The van der Waals surface area contributed by atoms with Gasteiger partial charge in [0.25, 0.3) is 0 Å². The van der Waals surface area contributed by atoms with Crippen LogP contribution in [0.1, 0.15) is 20.3 Å². The molecule has 0 bridgehead atoms. The van der Waals surface area contributed by atoms with Gasteiger partial charge in [-0.3, -0.25) is 9.10 Å². The highest BCUT2D eigenvalue weighted by Crippen LogP contribution is 2.21. The van der Waals surface area contributed by atoms with Crippen molar-refractivity contribution in [3.05, 3.63) is 24.3 Å². The Morgan fingerprint density at radius 1 is 1.13 bits per heavy atom. The first-order chi connectivity index (χ1) is 10.6. The molecule has 1 rings (SSSR count). The van der Waals surface area contributed by atoms with Crippen molar-refractivity contribution in [3.8, 4) is 0 Å². The molecule has 0 aliphatic heterocycles. The van der Waals surface area contributed by atoms with Gasteiger partial charge in [-0.2, -0.15) is 0 Å². The number of sulfonamides is 1. The first kappa shape index (κ1) is 19.3. The van der Waals surface area contributed by atoms with Crippen LogP contribution in [0.4, 0.5) is 11.4 Å². The Kier molecular flexibility index (Phi) is 6.87. The van der Waals surface area contributed by atoms with E-state index in [1.807, 2.05) is 31.1 Å². The monoisotopic (exact) mass is 341 g/mol. The molecule has 1 amide bonds. The summed E-state index contributed by atoms with van der Waals surface area (Å²) in [6.45, 7) is 4.48. The lowest BCUT2D eigenvalue weighted by atomic mass is 10.1. The fourth-order valence-electron chi connectivity index (χ4n) is 2.00. The highest BCUT2D eigenvalue weighted by atomic mass is 32.2. The Hall–Kier alpha value is -1.76. The third-order valence-corrected chi connectivity index (χ3v) is 4.53. The molecule has 0 fully saturated rings. The standard InChI is InChI=1S/C16H27N3O3S/c1-13(2)10-11-17-16(20)12-19(23(5,21)22)15-8-6-14(7-9-15)18(3)4/h6-9,13H,10-12H2,1-5H3,(H,17,20). The van der Waals surface area contributed by atoms with Crippen LogP contribution in [-0.2, 0) is 14.8 Å². The minimum atomic E-state index is -3.53. The van der Waals surface area contributed by atoms with Gasteiger partial charge in [0.2, 0.25) is 15.9 Å². The molecule has 0 heterocycles.